The summed E-state index contributed by atoms with van der Waals surface area (Å²) >= 11 is 0. The van der Waals surface area contributed by atoms with Crippen molar-refractivity contribution in [3.63, 3.8) is 0 Å². The number of piperidine rings is 1. The van der Waals surface area contributed by atoms with Crippen LogP contribution in [0.3, 0.4) is 0 Å². The first-order chi connectivity index (χ1) is 21.4. The van der Waals surface area contributed by atoms with Gasteiger partial charge in [0, 0.05) is 37.2 Å². The van der Waals surface area contributed by atoms with E-state index in [2.05, 4.69) is 20.7 Å². The van der Waals surface area contributed by atoms with E-state index in [0.29, 0.717) is 60.8 Å². The lowest BCUT2D eigenvalue weighted by atomic mass is 9.89. The molecule has 6 N–H and O–H groups in total. The van der Waals surface area contributed by atoms with Gasteiger partial charge in [0.2, 0.25) is 0 Å². The summed E-state index contributed by atoms with van der Waals surface area (Å²) in [5.74, 6) is -1.82. The van der Waals surface area contributed by atoms with Crippen LogP contribution in [0.5, 0.6) is 0 Å². The predicted molar refractivity (Wildman–Crippen MR) is 156 cm³/mol. The lowest BCUT2D eigenvalue weighted by Gasteiger charge is -2.35. The number of carbonyl (C=O) groups excluding carboxylic acids is 1. The summed E-state index contributed by atoms with van der Waals surface area (Å²) in [5, 5.41) is 21.7. The monoisotopic (exact) mass is 634 g/mol. The van der Waals surface area contributed by atoms with Crippen LogP contribution in [0.1, 0.15) is 35.6 Å². The average Bonchev–Trinajstić information content (AvgIpc) is 3.33. The van der Waals surface area contributed by atoms with Gasteiger partial charge in [-0.25, -0.2) is 23.1 Å². The molecule has 2 amide bonds. The number of nitrogens with one attached hydrogen (secondary N) is 3. The number of fused-ring (bicyclic) bond motifs is 1. The first-order valence-corrected chi connectivity index (χ1v) is 13.9. The molecule has 45 heavy (non-hydrogen) atoms. The molecule has 1 aliphatic rings. The summed E-state index contributed by atoms with van der Waals surface area (Å²) in [6.45, 7) is 1.34. The minimum absolute atomic E-state index is 0.00303. The maximum atomic E-state index is 15.5. The molecule has 4 aromatic rings. The van der Waals surface area contributed by atoms with E-state index in [9.17, 15) is 27.5 Å². The summed E-state index contributed by atoms with van der Waals surface area (Å²) in [5.41, 5.74) is 7.01. The Morgan fingerprint density at radius 1 is 1.11 bits per heavy atom. The Hall–Kier alpha value is -4.38. The Morgan fingerprint density at radius 2 is 1.82 bits per heavy atom. The van der Waals surface area contributed by atoms with E-state index >= 15 is 4.39 Å². The number of hydrogen-bond donors (Lipinski definition) is 5. The van der Waals surface area contributed by atoms with Crippen LogP contribution in [-0.2, 0) is 17.5 Å². The van der Waals surface area contributed by atoms with E-state index in [-0.39, 0.29) is 24.0 Å². The van der Waals surface area contributed by atoms with Crippen molar-refractivity contribution < 1.29 is 36.6 Å². The lowest BCUT2D eigenvalue weighted by Crippen LogP contribution is -2.47. The molecule has 0 aliphatic carbocycles. The number of aromatic nitrogens is 3. The Balaban J connectivity index is 1.47. The van der Waals surface area contributed by atoms with Crippen LogP contribution in [-0.4, -0.2) is 64.2 Å². The molecule has 16 heteroatoms. The van der Waals surface area contributed by atoms with Gasteiger partial charge in [-0.15, -0.1) is 0 Å². The molecule has 3 heterocycles. The zero-order valence-electron chi connectivity index (χ0n) is 24.3. The van der Waals surface area contributed by atoms with E-state index in [1.807, 2.05) is 10.2 Å². The number of hydrogen-bond acceptors (Lipinski definition) is 8. The number of benzene rings is 2. The second kappa shape index (κ2) is 12.9. The number of aliphatic hydroxyl groups excluding tert-OH is 1. The highest BCUT2D eigenvalue weighted by Crippen LogP contribution is 2.42. The molecule has 0 radical (unpaired) electrons. The molecule has 1 saturated heterocycles. The number of nitrogens with zero attached hydrogens (tertiary/aromatic N) is 4. The molecule has 0 bridgehead atoms. The van der Waals surface area contributed by atoms with E-state index < -0.39 is 41.4 Å². The van der Waals surface area contributed by atoms with Crippen LogP contribution in [0.15, 0.2) is 42.7 Å². The molecule has 5 rings (SSSR count). The van der Waals surface area contributed by atoms with Crippen LogP contribution in [0, 0.1) is 11.6 Å². The van der Waals surface area contributed by atoms with Gasteiger partial charge in [-0.2, -0.15) is 18.3 Å². The van der Waals surface area contributed by atoms with Gasteiger partial charge in [0.25, 0.3) is 0 Å². The zero-order chi connectivity index (χ0) is 32.5. The van der Waals surface area contributed by atoms with Gasteiger partial charge < -0.3 is 26.2 Å². The minimum atomic E-state index is -4.76. The molecule has 0 saturated carbocycles. The van der Waals surface area contributed by atoms with Crippen LogP contribution < -0.4 is 21.7 Å². The van der Waals surface area contributed by atoms with Crippen molar-refractivity contribution in [3.8, 4) is 11.1 Å². The van der Waals surface area contributed by atoms with Gasteiger partial charge >= 0.3 is 12.2 Å². The molecular weight excluding hydrogens is 603 g/mol. The number of aliphatic hydroxyl groups is 1. The number of rotatable bonds is 8. The minimum Gasteiger partial charge on any atom is -0.382 e. The molecule has 1 atom stereocenters. The SMILES string of the molecule is CNC(O)N1CCC(c2c(COC)c(-c3ccc(NC(=O)Nc4cc(C(F)(F)F)ccc4F)c(F)c3)c3c(N)ncnn23)CC1. The third-order valence-corrected chi connectivity index (χ3v) is 7.75. The third kappa shape index (κ3) is 6.54. The van der Waals surface area contributed by atoms with E-state index in [1.54, 1.807) is 11.6 Å². The first-order valence-electron chi connectivity index (χ1n) is 13.9. The Labute approximate surface area is 254 Å². The fraction of sp³-hybridized carbons (Fsp3) is 0.345. The Bertz CT molecular complexity index is 1710. The largest absolute Gasteiger partial charge is 0.416 e. The van der Waals surface area contributed by atoms with Gasteiger partial charge in [-0.05, 0) is 55.8 Å². The highest BCUT2D eigenvalue weighted by Gasteiger charge is 2.33. The van der Waals surface area contributed by atoms with Crippen molar-refractivity contribution >= 4 is 28.7 Å². The average molecular weight is 635 g/mol. The summed E-state index contributed by atoms with van der Waals surface area (Å²) < 4.78 is 75.9. The van der Waals surface area contributed by atoms with Crippen molar-refractivity contribution in [3.05, 3.63) is 71.2 Å². The van der Waals surface area contributed by atoms with E-state index in [0.717, 1.165) is 17.3 Å². The van der Waals surface area contributed by atoms with Gasteiger partial charge in [-0.1, -0.05) is 6.07 Å². The highest BCUT2D eigenvalue weighted by atomic mass is 19.4. The van der Waals surface area contributed by atoms with Crippen molar-refractivity contribution in [1.29, 1.82) is 0 Å². The fourth-order valence-corrected chi connectivity index (χ4v) is 5.65. The molecule has 240 valence electrons. The van der Waals surface area contributed by atoms with Crippen molar-refractivity contribution in [2.45, 2.75) is 37.9 Å². The number of halogens is 5. The van der Waals surface area contributed by atoms with Crippen LogP contribution in [0.2, 0.25) is 0 Å². The van der Waals surface area contributed by atoms with Gasteiger partial charge in [-0.3, -0.25) is 10.2 Å². The quantitative estimate of drug-likeness (QED) is 0.138. The highest BCUT2D eigenvalue weighted by molar-refractivity contribution is 6.00. The lowest BCUT2D eigenvalue weighted by molar-refractivity contribution is -0.137. The first kappa shape index (κ1) is 32.0. The molecule has 1 aliphatic heterocycles. The molecule has 2 aromatic carbocycles. The van der Waals surface area contributed by atoms with Crippen molar-refractivity contribution in [1.82, 2.24) is 24.8 Å². The summed E-state index contributed by atoms with van der Waals surface area (Å²) in [6, 6.07) is 4.37. The van der Waals surface area contributed by atoms with Gasteiger partial charge in [0.05, 0.1) is 29.2 Å². The van der Waals surface area contributed by atoms with Crippen molar-refractivity contribution in [2.75, 3.05) is 43.6 Å². The van der Waals surface area contributed by atoms with Crippen LogP contribution in [0.25, 0.3) is 16.6 Å². The number of methoxy groups -OCH3 is 1. The molecule has 1 unspecified atom stereocenters. The maximum absolute atomic E-state index is 15.5. The normalized spacial score (nSPS) is 15.4. The second-order valence-electron chi connectivity index (χ2n) is 10.5. The standard InChI is InChI=1S/C29H31F5N8O3/c1-36-28(44)41-9-7-15(8-10-41)24-18(13-45-2)23(25-26(35)37-14-38-42(24)25)16-3-6-21(20(31)11-16)39-27(43)40-22-12-17(29(32,33)34)4-5-19(22)30/h3-6,11-12,14-15,28,36,44H,7-10,13H2,1-2H3,(H2,35,37,38)(H2,39,40,43). The number of amides is 2. The van der Waals surface area contributed by atoms with Crippen molar-refractivity contribution in [2.24, 2.45) is 0 Å². The topological polar surface area (TPSA) is 142 Å². The Morgan fingerprint density at radius 3 is 2.47 bits per heavy atom. The summed E-state index contributed by atoms with van der Waals surface area (Å²) in [4.78, 5) is 18.6. The molecular formula is C29H31F5N8O3. The summed E-state index contributed by atoms with van der Waals surface area (Å²) in [6.07, 6.45) is -2.84. The zero-order valence-corrected chi connectivity index (χ0v) is 24.3. The van der Waals surface area contributed by atoms with E-state index in [1.165, 1.54) is 25.6 Å². The van der Waals surface area contributed by atoms with E-state index in [4.69, 9.17) is 10.5 Å². The fourth-order valence-electron chi connectivity index (χ4n) is 5.65. The number of carbonyl (C=O) groups is 1. The van der Waals surface area contributed by atoms with Crippen LogP contribution in [0.4, 0.5) is 43.9 Å². The number of nitrogens with two attached hydrogens (primary N) is 1. The number of ether oxygens (including phenoxy) is 1. The smallest absolute Gasteiger partial charge is 0.382 e. The molecule has 1 fully saturated rings. The van der Waals surface area contributed by atoms with Crippen LogP contribution >= 0.6 is 0 Å². The molecule has 0 spiro atoms. The molecule has 2 aromatic heterocycles. The number of alkyl halides is 3. The second-order valence-corrected chi connectivity index (χ2v) is 10.5. The predicted octanol–water partition coefficient (Wildman–Crippen LogP) is 4.74. The number of anilines is 3. The molecule has 11 nitrogen and oxygen atoms in total. The number of likely N-dealkylation sites (tertiary alicyclic amines) is 1. The number of nitrogen functional groups attached to an aromatic ring is 1. The summed E-state index contributed by atoms with van der Waals surface area (Å²) in [7, 11) is 3.19. The van der Waals surface area contributed by atoms with Gasteiger partial charge in [0.15, 0.2) is 12.2 Å². The third-order valence-electron chi connectivity index (χ3n) is 7.75. The number of urea groups is 1. The Kier molecular flexibility index (Phi) is 9.20. The maximum Gasteiger partial charge on any atom is 0.416 e. The van der Waals surface area contributed by atoms with Gasteiger partial charge in [0.1, 0.15) is 23.5 Å².